The van der Waals surface area contributed by atoms with E-state index in [-0.39, 0.29) is 35.3 Å². The second-order valence-corrected chi connectivity index (χ2v) is 7.88. The van der Waals surface area contributed by atoms with Crippen LogP contribution in [0.4, 0.5) is 4.39 Å². The summed E-state index contributed by atoms with van der Waals surface area (Å²) in [6, 6.07) is 9.16. The molecular weight excluding hydrogens is 401 g/mol. The van der Waals surface area contributed by atoms with E-state index in [4.69, 9.17) is 9.47 Å². The second-order valence-electron chi connectivity index (χ2n) is 7.88. The number of carbonyl (C=O) groups excluding carboxylic acids is 1. The highest BCUT2D eigenvalue weighted by atomic mass is 19.1. The van der Waals surface area contributed by atoms with E-state index in [9.17, 15) is 14.0 Å². The van der Waals surface area contributed by atoms with Crippen molar-refractivity contribution in [2.75, 3.05) is 13.2 Å². The molecule has 0 saturated carbocycles. The van der Waals surface area contributed by atoms with Gasteiger partial charge in [-0.15, -0.1) is 0 Å². The minimum atomic E-state index is -0.468. The van der Waals surface area contributed by atoms with Crippen molar-refractivity contribution in [3.8, 4) is 11.5 Å². The number of fused-ring (bicyclic) bond motifs is 2. The Morgan fingerprint density at radius 1 is 1.16 bits per heavy atom. The van der Waals surface area contributed by atoms with Crippen molar-refractivity contribution >= 4 is 16.8 Å². The molecule has 8 heteroatoms. The topological polar surface area (TPSA) is 82.5 Å². The molecule has 1 aliphatic heterocycles. The minimum Gasteiger partial charge on any atom is -0.490 e. The summed E-state index contributed by atoms with van der Waals surface area (Å²) in [6.45, 7) is 5.01. The van der Waals surface area contributed by atoms with Crippen molar-refractivity contribution < 1.29 is 18.7 Å². The van der Waals surface area contributed by atoms with Gasteiger partial charge in [0.2, 0.25) is 5.91 Å². The van der Waals surface area contributed by atoms with Crippen LogP contribution in [0.2, 0.25) is 0 Å². The number of halogens is 1. The van der Waals surface area contributed by atoms with E-state index in [1.54, 1.807) is 0 Å². The molecule has 31 heavy (non-hydrogen) atoms. The maximum atomic E-state index is 13.4. The van der Waals surface area contributed by atoms with Crippen LogP contribution in [0.3, 0.4) is 0 Å². The van der Waals surface area contributed by atoms with Crippen LogP contribution in [0.25, 0.3) is 10.9 Å². The van der Waals surface area contributed by atoms with Crippen molar-refractivity contribution in [1.29, 1.82) is 0 Å². The van der Waals surface area contributed by atoms with Crippen molar-refractivity contribution in [2.24, 2.45) is 5.92 Å². The van der Waals surface area contributed by atoms with Crippen LogP contribution in [0, 0.1) is 11.7 Å². The third-order valence-electron chi connectivity index (χ3n) is 5.22. The van der Waals surface area contributed by atoms with Gasteiger partial charge >= 0.3 is 0 Å². The van der Waals surface area contributed by atoms with Crippen molar-refractivity contribution in [3.05, 3.63) is 64.5 Å². The summed E-state index contributed by atoms with van der Waals surface area (Å²) in [6.07, 6.45) is 2.08. The van der Waals surface area contributed by atoms with Gasteiger partial charge in [0, 0.05) is 12.5 Å². The zero-order chi connectivity index (χ0) is 22.0. The predicted octanol–water partition coefficient (Wildman–Crippen LogP) is 3.21. The van der Waals surface area contributed by atoms with Gasteiger partial charge in [-0.05, 0) is 35.7 Å². The highest BCUT2D eigenvalue weighted by molar-refractivity contribution is 5.79. The largest absolute Gasteiger partial charge is 0.490 e. The average Bonchev–Trinajstić information content (AvgIpc) is 2.98. The van der Waals surface area contributed by atoms with E-state index in [0.29, 0.717) is 24.7 Å². The molecule has 0 aliphatic carbocycles. The first kappa shape index (κ1) is 20.8. The number of carbonyl (C=O) groups is 1. The Hall–Kier alpha value is -3.42. The molecule has 2 aromatic carbocycles. The molecule has 0 fully saturated rings. The zero-order valence-corrected chi connectivity index (χ0v) is 17.4. The molecule has 7 nitrogen and oxygen atoms in total. The van der Waals surface area contributed by atoms with E-state index in [1.807, 2.05) is 32.0 Å². The predicted molar refractivity (Wildman–Crippen MR) is 114 cm³/mol. The maximum absolute atomic E-state index is 13.4. The number of benzene rings is 2. The quantitative estimate of drug-likeness (QED) is 0.679. The number of ether oxygens (including phenoxy) is 2. The van der Waals surface area contributed by atoms with Crippen LogP contribution in [0.15, 0.2) is 47.5 Å². The molecule has 4 rings (SSSR count). The summed E-state index contributed by atoms with van der Waals surface area (Å²) in [5.41, 5.74) is 0.762. The Kier molecular flexibility index (Phi) is 5.88. The fourth-order valence-electron chi connectivity index (χ4n) is 3.63. The number of aromatic nitrogens is 2. The lowest BCUT2D eigenvalue weighted by Crippen LogP contribution is -2.36. The van der Waals surface area contributed by atoms with Crippen LogP contribution in [-0.4, -0.2) is 28.7 Å². The molecule has 1 unspecified atom stereocenters. The lowest BCUT2D eigenvalue weighted by Gasteiger charge is -2.24. The van der Waals surface area contributed by atoms with Crippen LogP contribution in [0.5, 0.6) is 11.5 Å². The molecule has 1 N–H and O–H groups in total. The van der Waals surface area contributed by atoms with Gasteiger partial charge in [0.25, 0.3) is 5.56 Å². The molecule has 1 aliphatic rings. The van der Waals surface area contributed by atoms with Crippen LogP contribution < -0.4 is 20.3 Å². The Bertz CT molecular complexity index is 1180. The highest BCUT2D eigenvalue weighted by Crippen LogP contribution is 2.34. The Labute approximate surface area is 178 Å². The van der Waals surface area contributed by atoms with Crippen molar-refractivity contribution in [1.82, 2.24) is 14.9 Å². The SMILES string of the molecule is CC(C)C(NC(=O)Cn1cnc2cc(F)ccc2c1=O)c1ccc2c(c1)OCCCO2. The van der Waals surface area contributed by atoms with Gasteiger partial charge in [-0.1, -0.05) is 19.9 Å². The minimum absolute atomic E-state index is 0.100. The number of amides is 1. The van der Waals surface area contributed by atoms with Crippen LogP contribution in [-0.2, 0) is 11.3 Å². The molecule has 1 amide bonds. The number of hydrogen-bond donors (Lipinski definition) is 1. The second kappa shape index (κ2) is 8.75. The smallest absolute Gasteiger partial charge is 0.261 e. The third kappa shape index (κ3) is 4.52. The standard InChI is InChI=1S/C23H24FN3O4/c1-14(2)22(15-4-7-19-20(10-15)31-9-3-8-30-19)26-21(28)12-27-13-25-18-11-16(24)5-6-17(18)23(27)29/h4-7,10-11,13-14,22H,3,8-9,12H2,1-2H3,(H,26,28). The van der Waals surface area contributed by atoms with E-state index in [1.165, 1.54) is 29.1 Å². The first-order valence-corrected chi connectivity index (χ1v) is 10.3. The molecule has 1 atom stereocenters. The van der Waals surface area contributed by atoms with Gasteiger partial charge in [-0.25, -0.2) is 9.37 Å². The summed E-state index contributed by atoms with van der Waals surface area (Å²) in [5, 5.41) is 3.27. The van der Waals surface area contributed by atoms with Gasteiger partial charge in [-0.2, -0.15) is 0 Å². The van der Waals surface area contributed by atoms with Gasteiger partial charge in [0.05, 0.1) is 36.5 Å². The van der Waals surface area contributed by atoms with Crippen LogP contribution >= 0.6 is 0 Å². The molecule has 3 aromatic rings. The number of nitrogens with one attached hydrogen (secondary N) is 1. The monoisotopic (exact) mass is 425 g/mol. The molecule has 0 radical (unpaired) electrons. The fourth-order valence-corrected chi connectivity index (χ4v) is 3.63. The van der Waals surface area contributed by atoms with Crippen LogP contribution in [0.1, 0.15) is 31.9 Å². The lowest BCUT2D eigenvalue weighted by atomic mass is 9.95. The van der Waals surface area contributed by atoms with Crippen molar-refractivity contribution in [2.45, 2.75) is 32.9 Å². The Morgan fingerprint density at radius 2 is 1.94 bits per heavy atom. The molecule has 1 aromatic heterocycles. The summed E-state index contributed by atoms with van der Waals surface area (Å²) < 4.78 is 26.0. The van der Waals surface area contributed by atoms with E-state index >= 15 is 0 Å². The molecule has 2 heterocycles. The number of hydrogen-bond acceptors (Lipinski definition) is 5. The molecular formula is C23H24FN3O4. The van der Waals surface area contributed by atoms with Gasteiger partial charge in [0.1, 0.15) is 12.4 Å². The zero-order valence-electron chi connectivity index (χ0n) is 17.4. The molecule has 162 valence electrons. The summed E-state index contributed by atoms with van der Waals surface area (Å²) in [7, 11) is 0. The first-order chi connectivity index (χ1) is 14.9. The number of nitrogens with zero attached hydrogens (tertiary/aromatic N) is 2. The van der Waals surface area contributed by atoms with Crippen molar-refractivity contribution in [3.63, 3.8) is 0 Å². The van der Waals surface area contributed by atoms with E-state index in [2.05, 4.69) is 10.3 Å². The molecule has 0 spiro atoms. The summed E-state index contributed by atoms with van der Waals surface area (Å²) >= 11 is 0. The summed E-state index contributed by atoms with van der Waals surface area (Å²) in [4.78, 5) is 29.5. The normalized spacial score (nSPS) is 14.3. The lowest BCUT2D eigenvalue weighted by molar-refractivity contribution is -0.122. The summed E-state index contributed by atoms with van der Waals surface area (Å²) in [5.74, 6) is 0.668. The fraction of sp³-hybridized carbons (Fsp3) is 0.348. The molecule has 0 bridgehead atoms. The third-order valence-corrected chi connectivity index (χ3v) is 5.22. The van der Waals surface area contributed by atoms with Gasteiger partial charge in [-0.3, -0.25) is 14.2 Å². The highest BCUT2D eigenvalue weighted by Gasteiger charge is 2.21. The van der Waals surface area contributed by atoms with Gasteiger partial charge < -0.3 is 14.8 Å². The van der Waals surface area contributed by atoms with E-state index in [0.717, 1.165) is 12.0 Å². The number of rotatable bonds is 5. The van der Waals surface area contributed by atoms with Gasteiger partial charge in [0.15, 0.2) is 11.5 Å². The first-order valence-electron chi connectivity index (χ1n) is 10.3. The van der Waals surface area contributed by atoms with E-state index < -0.39 is 11.4 Å². The Morgan fingerprint density at radius 3 is 2.71 bits per heavy atom. The molecule has 0 saturated heterocycles. The Balaban J connectivity index is 1.54. The maximum Gasteiger partial charge on any atom is 0.261 e. The average molecular weight is 425 g/mol.